The van der Waals surface area contributed by atoms with Crippen LogP contribution in [0.4, 0.5) is 5.13 Å². The maximum atomic E-state index is 12.3. The second kappa shape index (κ2) is 8.33. The van der Waals surface area contributed by atoms with E-state index in [0.29, 0.717) is 10.7 Å². The zero-order valence-electron chi connectivity index (χ0n) is 14.5. The first-order valence-electron chi connectivity index (χ1n) is 8.09. The number of amides is 1. The molecule has 1 aromatic heterocycles. The van der Waals surface area contributed by atoms with Gasteiger partial charge < -0.3 is 5.32 Å². The molecular formula is C19H17BrN2O3S2. The second-order valence-corrected chi connectivity index (χ2v) is 9.90. The van der Waals surface area contributed by atoms with E-state index in [1.807, 2.05) is 36.6 Å². The van der Waals surface area contributed by atoms with Crippen LogP contribution in [0.25, 0.3) is 11.3 Å². The predicted octanol–water partition coefficient (Wildman–Crippen LogP) is 4.43. The van der Waals surface area contributed by atoms with Gasteiger partial charge in [0, 0.05) is 15.4 Å². The molecule has 0 bridgehead atoms. The number of carbonyl (C=O) groups excluding carboxylic acids is 1. The van der Waals surface area contributed by atoms with Crippen molar-refractivity contribution >= 4 is 48.1 Å². The standard InChI is InChI=1S/C19H17BrN2O3S2/c1-13-4-2-3-5-16(13)17-10-26-19(21-17)22-18(23)12-27(24,25)11-14-6-8-15(20)9-7-14/h2-10H,11-12H2,1H3,(H,21,22,23). The summed E-state index contributed by atoms with van der Waals surface area (Å²) in [6, 6.07) is 14.8. The van der Waals surface area contributed by atoms with Gasteiger partial charge in [-0.3, -0.25) is 4.79 Å². The van der Waals surface area contributed by atoms with Gasteiger partial charge in [0.05, 0.1) is 11.4 Å². The van der Waals surface area contributed by atoms with E-state index in [1.54, 1.807) is 24.3 Å². The topological polar surface area (TPSA) is 76.1 Å². The maximum absolute atomic E-state index is 12.3. The SMILES string of the molecule is Cc1ccccc1-c1csc(NC(=O)CS(=O)(=O)Cc2ccc(Br)cc2)n1. The molecule has 0 fully saturated rings. The Kier molecular flexibility index (Phi) is 6.08. The molecule has 3 rings (SSSR count). The number of nitrogens with one attached hydrogen (secondary N) is 1. The van der Waals surface area contributed by atoms with Crippen LogP contribution in [0.15, 0.2) is 58.4 Å². The minimum Gasteiger partial charge on any atom is -0.301 e. The lowest BCUT2D eigenvalue weighted by atomic mass is 10.1. The fraction of sp³-hybridized carbons (Fsp3) is 0.158. The number of hydrogen-bond acceptors (Lipinski definition) is 5. The van der Waals surface area contributed by atoms with Crippen molar-refractivity contribution in [3.05, 3.63) is 69.5 Å². The number of anilines is 1. The molecule has 0 spiro atoms. The molecule has 1 amide bonds. The van der Waals surface area contributed by atoms with Crippen molar-refractivity contribution in [2.45, 2.75) is 12.7 Å². The third-order valence-electron chi connectivity index (χ3n) is 3.82. The van der Waals surface area contributed by atoms with Crippen molar-refractivity contribution in [1.82, 2.24) is 4.98 Å². The smallest absolute Gasteiger partial charge is 0.241 e. The van der Waals surface area contributed by atoms with Crippen LogP contribution in [-0.4, -0.2) is 25.1 Å². The number of nitrogens with zero attached hydrogens (tertiary/aromatic N) is 1. The summed E-state index contributed by atoms with van der Waals surface area (Å²) in [7, 11) is -3.57. The van der Waals surface area contributed by atoms with E-state index >= 15 is 0 Å². The van der Waals surface area contributed by atoms with E-state index in [1.165, 1.54) is 11.3 Å². The Morgan fingerprint density at radius 2 is 1.85 bits per heavy atom. The molecule has 0 atom stereocenters. The summed E-state index contributed by atoms with van der Waals surface area (Å²) in [5.74, 6) is -1.35. The number of hydrogen-bond donors (Lipinski definition) is 1. The Morgan fingerprint density at radius 1 is 1.15 bits per heavy atom. The second-order valence-electron chi connectivity index (χ2n) is 6.06. The van der Waals surface area contributed by atoms with Crippen LogP contribution >= 0.6 is 27.3 Å². The van der Waals surface area contributed by atoms with Crippen LogP contribution in [0, 0.1) is 6.92 Å². The van der Waals surface area contributed by atoms with Crippen LogP contribution in [0.3, 0.4) is 0 Å². The van der Waals surface area contributed by atoms with Crippen LogP contribution in [-0.2, 0) is 20.4 Å². The zero-order chi connectivity index (χ0) is 19.4. The molecule has 0 radical (unpaired) electrons. The molecular weight excluding hydrogens is 448 g/mol. The summed E-state index contributed by atoms with van der Waals surface area (Å²) >= 11 is 4.58. The van der Waals surface area contributed by atoms with Crippen LogP contribution in [0.2, 0.25) is 0 Å². The van der Waals surface area contributed by atoms with E-state index in [9.17, 15) is 13.2 Å². The Labute approximate surface area is 170 Å². The van der Waals surface area contributed by atoms with Gasteiger partial charge in [-0.25, -0.2) is 13.4 Å². The van der Waals surface area contributed by atoms with Crippen LogP contribution < -0.4 is 5.32 Å². The summed E-state index contributed by atoms with van der Waals surface area (Å²) in [5.41, 5.74) is 3.46. The Morgan fingerprint density at radius 3 is 2.56 bits per heavy atom. The van der Waals surface area contributed by atoms with E-state index < -0.39 is 21.5 Å². The van der Waals surface area contributed by atoms with Crippen molar-refractivity contribution in [2.24, 2.45) is 0 Å². The molecule has 0 aliphatic carbocycles. The van der Waals surface area contributed by atoms with E-state index in [0.717, 1.165) is 21.3 Å². The van der Waals surface area contributed by atoms with Crippen LogP contribution in [0.1, 0.15) is 11.1 Å². The van der Waals surface area contributed by atoms with Crippen molar-refractivity contribution in [2.75, 3.05) is 11.1 Å². The summed E-state index contributed by atoms with van der Waals surface area (Å²) in [6.07, 6.45) is 0. The lowest BCUT2D eigenvalue weighted by Crippen LogP contribution is -2.23. The first-order chi connectivity index (χ1) is 12.8. The number of thiazole rings is 1. The molecule has 0 unspecified atom stereocenters. The molecule has 5 nitrogen and oxygen atoms in total. The fourth-order valence-electron chi connectivity index (χ4n) is 2.56. The predicted molar refractivity (Wildman–Crippen MR) is 113 cm³/mol. The average Bonchev–Trinajstić information content (AvgIpc) is 3.04. The van der Waals surface area contributed by atoms with Gasteiger partial charge >= 0.3 is 0 Å². The third-order valence-corrected chi connectivity index (χ3v) is 6.58. The monoisotopic (exact) mass is 464 g/mol. The highest BCUT2D eigenvalue weighted by molar-refractivity contribution is 9.10. The highest BCUT2D eigenvalue weighted by atomic mass is 79.9. The van der Waals surface area contributed by atoms with E-state index in [4.69, 9.17) is 0 Å². The summed E-state index contributed by atoms with van der Waals surface area (Å²) in [6.45, 7) is 1.99. The first kappa shape index (κ1) is 19.7. The Hall–Kier alpha value is -2.03. The molecule has 0 saturated heterocycles. The van der Waals surface area contributed by atoms with Gasteiger partial charge in [0.15, 0.2) is 15.0 Å². The fourth-order valence-corrected chi connectivity index (χ4v) is 4.82. The number of halogens is 1. The van der Waals surface area contributed by atoms with Gasteiger partial charge in [-0.1, -0.05) is 52.3 Å². The average molecular weight is 465 g/mol. The maximum Gasteiger partial charge on any atom is 0.241 e. The van der Waals surface area contributed by atoms with Gasteiger partial charge in [0.1, 0.15) is 5.75 Å². The quantitative estimate of drug-likeness (QED) is 0.584. The molecule has 0 aliphatic rings. The van der Waals surface area contributed by atoms with Crippen LogP contribution in [0.5, 0.6) is 0 Å². The molecule has 3 aromatic rings. The number of rotatable bonds is 6. The lowest BCUT2D eigenvalue weighted by Gasteiger charge is -2.05. The van der Waals surface area contributed by atoms with Gasteiger partial charge in [0.2, 0.25) is 5.91 Å². The van der Waals surface area contributed by atoms with E-state index in [2.05, 4.69) is 26.2 Å². The molecule has 8 heteroatoms. The molecule has 27 heavy (non-hydrogen) atoms. The molecule has 1 N–H and O–H groups in total. The van der Waals surface area contributed by atoms with Gasteiger partial charge in [-0.15, -0.1) is 11.3 Å². The van der Waals surface area contributed by atoms with Crippen molar-refractivity contribution in [3.8, 4) is 11.3 Å². The normalized spacial score (nSPS) is 11.3. The molecule has 0 aliphatic heterocycles. The minimum absolute atomic E-state index is 0.181. The molecule has 140 valence electrons. The summed E-state index contributed by atoms with van der Waals surface area (Å²) in [5, 5.41) is 4.81. The third kappa shape index (κ3) is 5.47. The highest BCUT2D eigenvalue weighted by Gasteiger charge is 2.19. The Balaban J connectivity index is 1.64. The minimum atomic E-state index is -3.57. The van der Waals surface area contributed by atoms with E-state index in [-0.39, 0.29) is 5.75 Å². The lowest BCUT2D eigenvalue weighted by molar-refractivity contribution is -0.113. The molecule has 2 aromatic carbocycles. The summed E-state index contributed by atoms with van der Waals surface area (Å²) in [4.78, 5) is 16.5. The zero-order valence-corrected chi connectivity index (χ0v) is 17.7. The summed E-state index contributed by atoms with van der Waals surface area (Å²) < 4.78 is 25.4. The van der Waals surface area contributed by atoms with Gasteiger partial charge in [-0.2, -0.15) is 0 Å². The van der Waals surface area contributed by atoms with Crippen molar-refractivity contribution in [1.29, 1.82) is 0 Å². The first-order valence-corrected chi connectivity index (χ1v) is 11.6. The number of sulfone groups is 1. The number of benzene rings is 2. The Bertz CT molecular complexity index is 1060. The highest BCUT2D eigenvalue weighted by Crippen LogP contribution is 2.27. The largest absolute Gasteiger partial charge is 0.301 e. The number of aryl methyl sites for hydroxylation is 1. The molecule has 1 heterocycles. The number of carbonyl (C=O) groups is 1. The number of aromatic nitrogens is 1. The van der Waals surface area contributed by atoms with Crippen molar-refractivity contribution in [3.63, 3.8) is 0 Å². The molecule has 0 saturated carbocycles. The van der Waals surface area contributed by atoms with Gasteiger partial charge in [0.25, 0.3) is 0 Å². The van der Waals surface area contributed by atoms with Crippen molar-refractivity contribution < 1.29 is 13.2 Å². The van der Waals surface area contributed by atoms with Gasteiger partial charge in [-0.05, 0) is 30.2 Å².